The van der Waals surface area contributed by atoms with Crippen molar-refractivity contribution in [1.29, 1.82) is 0 Å². The van der Waals surface area contributed by atoms with Crippen LogP contribution in [-0.4, -0.2) is 30.3 Å². The van der Waals surface area contributed by atoms with Gasteiger partial charge < -0.3 is 14.7 Å². The van der Waals surface area contributed by atoms with E-state index in [1.807, 2.05) is 24.3 Å². The number of ether oxygens (including phenoxy) is 1. The molecule has 1 aliphatic rings. The van der Waals surface area contributed by atoms with Gasteiger partial charge in [0.1, 0.15) is 12.4 Å². The lowest BCUT2D eigenvalue weighted by Gasteiger charge is -2.25. The number of nitrogens with zero attached hydrogens (tertiary/aromatic N) is 1. The van der Waals surface area contributed by atoms with Gasteiger partial charge in [-0.25, -0.2) is 0 Å². The van der Waals surface area contributed by atoms with Crippen LogP contribution in [0.2, 0.25) is 10.0 Å². The fourth-order valence-corrected chi connectivity index (χ4v) is 3.68. The van der Waals surface area contributed by atoms with Gasteiger partial charge in [0, 0.05) is 28.2 Å². The summed E-state index contributed by atoms with van der Waals surface area (Å²) in [6, 6.07) is 13.0. The summed E-state index contributed by atoms with van der Waals surface area (Å²) < 4.78 is 5.46. The molecule has 1 saturated heterocycles. The van der Waals surface area contributed by atoms with Crippen molar-refractivity contribution in [1.82, 2.24) is 0 Å². The molecule has 1 heterocycles. The van der Waals surface area contributed by atoms with Gasteiger partial charge in [-0.05, 0) is 48.7 Å². The standard InChI is InChI=1S/C19H19Cl2NO3/c20-14-10-15(21)12-17(11-14)22-16(4-5-19(22)24)8-13-2-1-3-18(9-13)25-7-6-23/h1-3,9-12,16,23H,4-8H2/t16-/m1/s1. The molecule has 0 radical (unpaired) electrons. The number of aliphatic hydroxyl groups is 1. The van der Waals surface area contributed by atoms with E-state index in [1.54, 1.807) is 23.1 Å². The van der Waals surface area contributed by atoms with Crippen LogP contribution < -0.4 is 9.64 Å². The summed E-state index contributed by atoms with van der Waals surface area (Å²) in [4.78, 5) is 14.2. The average Bonchev–Trinajstić information content (AvgIpc) is 2.93. The Hall–Kier alpha value is -1.75. The van der Waals surface area contributed by atoms with Gasteiger partial charge in [-0.15, -0.1) is 0 Å². The molecule has 1 atom stereocenters. The zero-order valence-electron chi connectivity index (χ0n) is 13.6. The summed E-state index contributed by atoms with van der Waals surface area (Å²) in [6.45, 7) is 0.239. The number of rotatable bonds is 6. The molecule has 0 saturated carbocycles. The molecule has 4 nitrogen and oxygen atoms in total. The monoisotopic (exact) mass is 379 g/mol. The van der Waals surface area contributed by atoms with Crippen LogP contribution in [0.25, 0.3) is 0 Å². The van der Waals surface area contributed by atoms with E-state index in [2.05, 4.69) is 0 Å². The smallest absolute Gasteiger partial charge is 0.227 e. The van der Waals surface area contributed by atoms with Crippen LogP contribution in [0, 0.1) is 0 Å². The van der Waals surface area contributed by atoms with Crippen LogP contribution in [0.4, 0.5) is 5.69 Å². The molecular weight excluding hydrogens is 361 g/mol. The summed E-state index contributed by atoms with van der Waals surface area (Å²) in [5.74, 6) is 0.796. The molecule has 0 aromatic heterocycles. The van der Waals surface area contributed by atoms with Crippen molar-refractivity contribution in [2.24, 2.45) is 0 Å². The van der Waals surface area contributed by atoms with Crippen LogP contribution in [0.1, 0.15) is 18.4 Å². The second kappa shape index (κ2) is 8.09. The molecule has 0 aliphatic carbocycles. The van der Waals surface area contributed by atoms with Crippen LogP contribution >= 0.6 is 23.2 Å². The van der Waals surface area contributed by atoms with E-state index in [9.17, 15) is 4.79 Å². The highest BCUT2D eigenvalue weighted by Gasteiger charge is 2.32. The minimum Gasteiger partial charge on any atom is -0.491 e. The van der Waals surface area contributed by atoms with Crippen molar-refractivity contribution in [2.75, 3.05) is 18.1 Å². The summed E-state index contributed by atoms with van der Waals surface area (Å²) in [7, 11) is 0. The van der Waals surface area contributed by atoms with Gasteiger partial charge in [-0.2, -0.15) is 0 Å². The highest BCUT2D eigenvalue weighted by molar-refractivity contribution is 6.35. The van der Waals surface area contributed by atoms with Crippen LogP contribution in [0.5, 0.6) is 5.75 Å². The van der Waals surface area contributed by atoms with Gasteiger partial charge in [0.25, 0.3) is 0 Å². The fourth-order valence-electron chi connectivity index (χ4n) is 3.17. The largest absolute Gasteiger partial charge is 0.491 e. The van der Waals surface area contributed by atoms with Gasteiger partial charge in [0.05, 0.1) is 6.61 Å². The average molecular weight is 380 g/mol. The van der Waals surface area contributed by atoms with Gasteiger partial charge in [-0.3, -0.25) is 4.79 Å². The second-order valence-electron chi connectivity index (χ2n) is 6.01. The molecule has 132 valence electrons. The molecule has 3 rings (SSSR count). The number of amides is 1. The zero-order chi connectivity index (χ0) is 17.8. The van der Waals surface area contributed by atoms with E-state index in [-0.39, 0.29) is 25.2 Å². The van der Waals surface area contributed by atoms with Gasteiger partial charge in [-0.1, -0.05) is 35.3 Å². The number of hydrogen-bond donors (Lipinski definition) is 1. The molecule has 0 unspecified atom stereocenters. The Morgan fingerprint density at radius 2 is 1.92 bits per heavy atom. The molecule has 25 heavy (non-hydrogen) atoms. The lowest BCUT2D eigenvalue weighted by molar-refractivity contribution is -0.117. The maximum Gasteiger partial charge on any atom is 0.227 e. The summed E-state index contributed by atoms with van der Waals surface area (Å²) in [6.07, 6.45) is 2.01. The third kappa shape index (κ3) is 4.46. The second-order valence-corrected chi connectivity index (χ2v) is 6.88. The number of anilines is 1. The topological polar surface area (TPSA) is 49.8 Å². The lowest BCUT2D eigenvalue weighted by Crippen LogP contribution is -2.34. The highest BCUT2D eigenvalue weighted by atomic mass is 35.5. The third-order valence-electron chi connectivity index (χ3n) is 4.18. The minimum atomic E-state index is -0.0232. The first-order valence-corrected chi connectivity index (χ1v) is 8.93. The van der Waals surface area contributed by atoms with Gasteiger partial charge in [0.15, 0.2) is 0 Å². The Bertz CT molecular complexity index is 746. The van der Waals surface area contributed by atoms with Crippen molar-refractivity contribution in [3.63, 3.8) is 0 Å². The Labute approximate surface area is 156 Å². The molecule has 0 bridgehead atoms. The Balaban J connectivity index is 1.80. The third-order valence-corrected chi connectivity index (χ3v) is 4.62. The van der Waals surface area contributed by atoms with E-state index in [4.69, 9.17) is 33.0 Å². The van der Waals surface area contributed by atoms with Gasteiger partial charge >= 0.3 is 0 Å². The van der Waals surface area contributed by atoms with Crippen molar-refractivity contribution in [2.45, 2.75) is 25.3 Å². The van der Waals surface area contributed by atoms with Crippen molar-refractivity contribution < 1.29 is 14.6 Å². The maximum absolute atomic E-state index is 12.4. The SMILES string of the molecule is O=C1CC[C@H](Cc2cccc(OCCO)c2)N1c1cc(Cl)cc(Cl)c1. The predicted octanol–water partition coefficient (Wildman–Crippen LogP) is 4.10. The van der Waals surface area contributed by atoms with E-state index in [1.165, 1.54) is 0 Å². The number of hydrogen-bond acceptors (Lipinski definition) is 3. The molecule has 0 spiro atoms. The molecule has 6 heteroatoms. The van der Waals surface area contributed by atoms with E-state index in [0.717, 1.165) is 17.7 Å². The van der Waals surface area contributed by atoms with Gasteiger partial charge in [0.2, 0.25) is 5.91 Å². The molecule has 1 N–H and O–H groups in total. The highest BCUT2D eigenvalue weighted by Crippen LogP contribution is 2.33. The van der Waals surface area contributed by atoms with Crippen molar-refractivity contribution in [3.05, 3.63) is 58.1 Å². The number of halogens is 2. The minimum absolute atomic E-state index is 0.0232. The van der Waals surface area contributed by atoms with E-state index in [0.29, 0.717) is 28.6 Å². The number of carbonyl (C=O) groups is 1. The first-order valence-electron chi connectivity index (χ1n) is 8.17. The predicted molar refractivity (Wildman–Crippen MR) is 99.7 cm³/mol. The Morgan fingerprint density at radius 3 is 2.64 bits per heavy atom. The summed E-state index contributed by atoms with van der Waals surface area (Å²) >= 11 is 12.2. The number of benzene rings is 2. The van der Waals surface area contributed by atoms with Crippen LogP contribution in [0.3, 0.4) is 0 Å². The first-order chi connectivity index (χ1) is 12.1. The lowest BCUT2D eigenvalue weighted by atomic mass is 10.0. The molecule has 1 amide bonds. The molecule has 2 aromatic carbocycles. The Morgan fingerprint density at radius 1 is 1.16 bits per heavy atom. The van der Waals surface area contributed by atoms with Crippen molar-refractivity contribution in [3.8, 4) is 5.75 Å². The molecule has 2 aromatic rings. The van der Waals surface area contributed by atoms with Crippen LogP contribution in [0.15, 0.2) is 42.5 Å². The number of aliphatic hydroxyl groups excluding tert-OH is 1. The fraction of sp³-hybridized carbons (Fsp3) is 0.316. The summed E-state index contributed by atoms with van der Waals surface area (Å²) in [5, 5.41) is 9.90. The quantitative estimate of drug-likeness (QED) is 0.821. The normalized spacial score (nSPS) is 17.2. The molecule has 1 aliphatic heterocycles. The van der Waals surface area contributed by atoms with Crippen LogP contribution in [-0.2, 0) is 11.2 Å². The number of carbonyl (C=O) groups excluding carboxylic acids is 1. The maximum atomic E-state index is 12.4. The van der Waals surface area contributed by atoms with E-state index >= 15 is 0 Å². The molecular formula is C19H19Cl2NO3. The summed E-state index contributed by atoms with van der Waals surface area (Å²) in [5.41, 5.74) is 1.81. The molecule has 1 fully saturated rings. The van der Waals surface area contributed by atoms with E-state index < -0.39 is 0 Å². The zero-order valence-corrected chi connectivity index (χ0v) is 15.1. The first kappa shape index (κ1) is 18.1. The Kier molecular flexibility index (Phi) is 5.84. The van der Waals surface area contributed by atoms with Crippen molar-refractivity contribution >= 4 is 34.8 Å².